The second kappa shape index (κ2) is 5.41. The van der Waals surface area contributed by atoms with Crippen molar-refractivity contribution in [1.82, 2.24) is 0 Å². The van der Waals surface area contributed by atoms with Crippen LogP contribution < -0.4 is 4.90 Å². The standard InChI is InChI=1S/C11H12ClNO2/c1-2-6-13(8-11(14)15)10-5-3-4-9(12)7-10/h2-5,7H,1,6,8H2,(H,14,15). The number of aliphatic carboxylic acids is 1. The van der Waals surface area contributed by atoms with E-state index in [1.54, 1.807) is 29.2 Å². The van der Waals surface area contributed by atoms with Crippen molar-refractivity contribution < 1.29 is 9.90 Å². The lowest BCUT2D eigenvalue weighted by molar-refractivity contribution is -0.135. The lowest BCUT2D eigenvalue weighted by Gasteiger charge is -2.21. The van der Waals surface area contributed by atoms with Crippen LogP contribution in [0.3, 0.4) is 0 Å². The van der Waals surface area contributed by atoms with Gasteiger partial charge in [-0.15, -0.1) is 6.58 Å². The van der Waals surface area contributed by atoms with Crippen molar-refractivity contribution in [2.75, 3.05) is 18.0 Å². The van der Waals surface area contributed by atoms with Gasteiger partial charge in [0.2, 0.25) is 0 Å². The van der Waals surface area contributed by atoms with Crippen LogP contribution in [0.5, 0.6) is 0 Å². The van der Waals surface area contributed by atoms with E-state index in [-0.39, 0.29) is 6.54 Å². The van der Waals surface area contributed by atoms with Crippen molar-refractivity contribution >= 4 is 23.3 Å². The Kier molecular flexibility index (Phi) is 4.18. The first-order valence-electron chi connectivity index (χ1n) is 4.46. The third-order valence-corrected chi connectivity index (χ3v) is 2.08. The maximum Gasteiger partial charge on any atom is 0.323 e. The highest BCUT2D eigenvalue weighted by Crippen LogP contribution is 2.19. The normalized spacial score (nSPS) is 9.67. The monoisotopic (exact) mass is 225 g/mol. The molecule has 0 aliphatic rings. The first-order valence-corrected chi connectivity index (χ1v) is 4.84. The summed E-state index contributed by atoms with van der Waals surface area (Å²) in [6, 6.07) is 7.08. The molecule has 80 valence electrons. The average molecular weight is 226 g/mol. The van der Waals surface area contributed by atoms with Crippen LogP contribution in [0.2, 0.25) is 5.02 Å². The summed E-state index contributed by atoms with van der Waals surface area (Å²) in [6.07, 6.45) is 1.66. The minimum atomic E-state index is -0.878. The summed E-state index contributed by atoms with van der Waals surface area (Å²) in [4.78, 5) is 12.3. The number of carbonyl (C=O) groups is 1. The van der Waals surface area contributed by atoms with Crippen LogP contribution in [-0.4, -0.2) is 24.2 Å². The zero-order valence-corrected chi connectivity index (χ0v) is 8.94. The van der Waals surface area contributed by atoms with Crippen LogP contribution in [-0.2, 0) is 4.79 Å². The highest BCUT2D eigenvalue weighted by molar-refractivity contribution is 6.30. The highest BCUT2D eigenvalue weighted by atomic mass is 35.5. The van der Waals surface area contributed by atoms with Crippen LogP contribution in [0.15, 0.2) is 36.9 Å². The summed E-state index contributed by atoms with van der Waals surface area (Å²) in [6.45, 7) is 4.00. The molecule has 0 heterocycles. The summed E-state index contributed by atoms with van der Waals surface area (Å²) < 4.78 is 0. The van der Waals surface area contributed by atoms with Gasteiger partial charge in [0, 0.05) is 17.3 Å². The quantitative estimate of drug-likeness (QED) is 0.783. The molecule has 15 heavy (non-hydrogen) atoms. The van der Waals surface area contributed by atoms with Crippen LogP contribution in [0.1, 0.15) is 0 Å². The third-order valence-electron chi connectivity index (χ3n) is 1.85. The average Bonchev–Trinajstić information content (AvgIpc) is 2.16. The van der Waals surface area contributed by atoms with Crippen molar-refractivity contribution in [2.24, 2.45) is 0 Å². The van der Waals surface area contributed by atoms with Crippen molar-refractivity contribution in [3.05, 3.63) is 41.9 Å². The van der Waals surface area contributed by atoms with Crippen LogP contribution in [0.4, 0.5) is 5.69 Å². The van der Waals surface area contributed by atoms with Gasteiger partial charge in [0.1, 0.15) is 6.54 Å². The van der Waals surface area contributed by atoms with E-state index in [1.165, 1.54) is 0 Å². The fraction of sp³-hybridized carbons (Fsp3) is 0.182. The number of hydrogen-bond donors (Lipinski definition) is 1. The molecule has 1 N–H and O–H groups in total. The molecule has 0 spiro atoms. The van der Waals surface area contributed by atoms with Crippen LogP contribution in [0.25, 0.3) is 0 Å². The van der Waals surface area contributed by atoms with Crippen molar-refractivity contribution in [3.8, 4) is 0 Å². The number of nitrogens with zero attached hydrogens (tertiary/aromatic N) is 1. The van der Waals surface area contributed by atoms with Gasteiger partial charge in [-0.25, -0.2) is 0 Å². The van der Waals surface area contributed by atoms with Crippen LogP contribution in [0, 0.1) is 0 Å². The number of rotatable bonds is 5. The van der Waals surface area contributed by atoms with Gasteiger partial charge in [0.25, 0.3) is 0 Å². The third kappa shape index (κ3) is 3.64. The fourth-order valence-electron chi connectivity index (χ4n) is 1.25. The topological polar surface area (TPSA) is 40.5 Å². The molecule has 0 amide bonds. The first-order chi connectivity index (χ1) is 7.13. The molecule has 0 saturated heterocycles. The number of hydrogen-bond acceptors (Lipinski definition) is 2. The first kappa shape index (κ1) is 11.6. The van der Waals surface area contributed by atoms with Gasteiger partial charge in [-0.2, -0.15) is 0 Å². The van der Waals surface area contributed by atoms with Crippen LogP contribution >= 0.6 is 11.6 Å². The molecule has 4 heteroatoms. The molecule has 1 aromatic rings. The van der Waals surface area contributed by atoms with Gasteiger partial charge >= 0.3 is 5.97 Å². The van der Waals surface area contributed by atoms with E-state index in [9.17, 15) is 4.79 Å². The molecule has 0 saturated carbocycles. The molecule has 0 unspecified atom stereocenters. The Balaban J connectivity index is 2.87. The Bertz CT molecular complexity index is 365. The molecule has 0 aliphatic heterocycles. The van der Waals surface area contributed by atoms with Gasteiger partial charge in [-0.05, 0) is 18.2 Å². The molecule has 0 radical (unpaired) electrons. The van der Waals surface area contributed by atoms with Gasteiger partial charge < -0.3 is 10.0 Å². The zero-order chi connectivity index (χ0) is 11.3. The van der Waals surface area contributed by atoms with E-state index in [0.717, 1.165) is 5.69 Å². The molecule has 0 atom stereocenters. The highest BCUT2D eigenvalue weighted by Gasteiger charge is 2.08. The number of halogens is 1. The molecule has 3 nitrogen and oxygen atoms in total. The second-order valence-corrected chi connectivity index (χ2v) is 3.48. The number of carboxylic acids is 1. The van der Waals surface area contributed by atoms with Crippen molar-refractivity contribution in [1.29, 1.82) is 0 Å². The van der Waals surface area contributed by atoms with Gasteiger partial charge in [-0.1, -0.05) is 23.7 Å². The Morgan fingerprint density at radius 1 is 1.60 bits per heavy atom. The Hall–Kier alpha value is -1.48. The minimum absolute atomic E-state index is 0.0631. The van der Waals surface area contributed by atoms with Crippen molar-refractivity contribution in [3.63, 3.8) is 0 Å². The lowest BCUT2D eigenvalue weighted by atomic mass is 10.3. The van der Waals surface area contributed by atoms with E-state index < -0.39 is 5.97 Å². The van der Waals surface area contributed by atoms with E-state index in [4.69, 9.17) is 16.7 Å². The minimum Gasteiger partial charge on any atom is -0.480 e. The summed E-state index contributed by atoms with van der Waals surface area (Å²) in [7, 11) is 0. The Morgan fingerprint density at radius 2 is 2.33 bits per heavy atom. The smallest absolute Gasteiger partial charge is 0.323 e. The Morgan fingerprint density at radius 3 is 2.87 bits per heavy atom. The number of carboxylic acid groups (broad SMARTS) is 1. The second-order valence-electron chi connectivity index (χ2n) is 3.04. The number of anilines is 1. The fourth-order valence-corrected chi connectivity index (χ4v) is 1.44. The molecule has 0 fully saturated rings. The maximum absolute atomic E-state index is 10.6. The molecule has 1 aromatic carbocycles. The molecule has 0 aromatic heterocycles. The summed E-state index contributed by atoms with van der Waals surface area (Å²) in [5.41, 5.74) is 0.782. The van der Waals surface area contributed by atoms with E-state index in [1.807, 2.05) is 6.07 Å². The maximum atomic E-state index is 10.6. The summed E-state index contributed by atoms with van der Waals surface area (Å²) in [5.74, 6) is -0.878. The predicted octanol–water partition coefficient (Wildman–Crippen LogP) is 2.42. The zero-order valence-electron chi connectivity index (χ0n) is 8.19. The summed E-state index contributed by atoms with van der Waals surface area (Å²) in [5, 5.41) is 9.32. The van der Waals surface area contributed by atoms with Crippen molar-refractivity contribution in [2.45, 2.75) is 0 Å². The summed E-state index contributed by atoms with van der Waals surface area (Å²) >= 11 is 5.83. The van der Waals surface area contributed by atoms with E-state index >= 15 is 0 Å². The lowest BCUT2D eigenvalue weighted by Crippen LogP contribution is -2.29. The van der Waals surface area contributed by atoms with Gasteiger partial charge in [0.05, 0.1) is 0 Å². The van der Waals surface area contributed by atoms with E-state index in [0.29, 0.717) is 11.6 Å². The molecule has 0 aliphatic carbocycles. The molecule has 0 bridgehead atoms. The molecular weight excluding hydrogens is 214 g/mol. The Labute approximate surface area is 93.6 Å². The largest absolute Gasteiger partial charge is 0.480 e. The molecule has 1 rings (SSSR count). The SMILES string of the molecule is C=CCN(CC(=O)O)c1cccc(Cl)c1. The van der Waals surface area contributed by atoms with Gasteiger partial charge in [0.15, 0.2) is 0 Å². The number of benzene rings is 1. The predicted molar refractivity (Wildman–Crippen MR) is 61.5 cm³/mol. The van der Waals surface area contributed by atoms with E-state index in [2.05, 4.69) is 6.58 Å². The van der Waals surface area contributed by atoms with Gasteiger partial charge in [-0.3, -0.25) is 4.79 Å². The molecular formula is C11H12ClNO2.